The number of aromatic nitrogens is 2. The lowest BCUT2D eigenvalue weighted by Crippen LogP contribution is -2.18. The van der Waals surface area contributed by atoms with E-state index in [0.29, 0.717) is 22.9 Å². The molecule has 4 rings (SSSR count). The molecule has 0 saturated carbocycles. The molecule has 6 nitrogen and oxygen atoms in total. The predicted octanol–water partition coefficient (Wildman–Crippen LogP) is 6.59. The molecule has 0 bridgehead atoms. The number of rotatable bonds is 4. The van der Waals surface area contributed by atoms with Crippen LogP contribution in [0.2, 0.25) is 0 Å². The van der Waals surface area contributed by atoms with Crippen molar-refractivity contribution in [3.63, 3.8) is 0 Å². The zero-order chi connectivity index (χ0) is 22.5. The molecular weight excluding hydrogens is 400 g/mol. The lowest BCUT2D eigenvalue weighted by atomic mass is 10.0. The summed E-state index contributed by atoms with van der Waals surface area (Å²) in [6.45, 7) is 11.0. The van der Waals surface area contributed by atoms with Crippen molar-refractivity contribution in [2.45, 2.75) is 13.8 Å². The van der Waals surface area contributed by atoms with E-state index in [2.05, 4.69) is 15.1 Å². The summed E-state index contributed by atoms with van der Waals surface area (Å²) in [4.78, 5) is 24.9. The minimum Gasteiger partial charge on any atom is -0.410 e. The third-order valence-electron chi connectivity index (χ3n) is 4.86. The quantitative estimate of drug-likeness (QED) is 0.378. The van der Waals surface area contributed by atoms with E-state index in [9.17, 15) is 4.79 Å². The van der Waals surface area contributed by atoms with Gasteiger partial charge in [0.2, 0.25) is 0 Å². The summed E-state index contributed by atoms with van der Waals surface area (Å²) in [6, 6.07) is 22.2. The van der Waals surface area contributed by atoms with Crippen molar-refractivity contribution in [2.75, 3.05) is 5.32 Å². The molecular formula is C26H20N4O2. The Balaban J connectivity index is 1.71. The van der Waals surface area contributed by atoms with E-state index in [1.165, 1.54) is 0 Å². The molecule has 1 amide bonds. The molecule has 0 unspecified atom stereocenters. The molecule has 2 aromatic carbocycles. The monoisotopic (exact) mass is 420 g/mol. The first kappa shape index (κ1) is 20.8. The van der Waals surface area contributed by atoms with Crippen LogP contribution in [0.1, 0.15) is 11.1 Å². The van der Waals surface area contributed by atoms with Gasteiger partial charge in [-0.15, -0.1) is 4.98 Å². The minimum absolute atomic E-state index is 0.326. The molecule has 0 atom stereocenters. The minimum atomic E-state index is -0.594. The average Bonchev–Trinajstić information content (AvgIpc) is 2.81. The summed E-state index contributed by atoms with van der Waals surface area (Å²) >= 11 is 0. The van der Waals surface area contributed by atoms with Gasteiger partial charge in [-0.3, -0.25) is 5.32 Å². The number of hydrogen-bond acceptors (Lipinski definition) is 4. The third-order valence-corrected chi connectivity index (χ3v) is 4.86. The summed E-state index contributed by atoms with van der Waals surface area (Å²) in [5.41, 5.74) is 5.46. The van der Waals surface area contributed by atoms with E-state index >= 15 is 0 Å². The maximum atomic E-state index is 12.6. The molecule has 0 aliphatic rings. The van der Waals surface area contributed by atoms with Gasteiger partial charge in [0.25, 0.3) is 5.82 Å². The number of aryl methyl sites for hydroxylation is 2. The van der Waals surface area contributed by atoms with E-state index in [1.807, 2.05) is 68.4 Å². The molecule has 32 heavy (non-hydrogen) atoms. The standard InChI is InChI=1S/C26H20N4O2/c1-17-9-12-21(13-10-17)32-26(31)29-22-15-18(2)24(20-11-14-23(27-3)28-16-20)30-25(22)19-7-5-4-6-8-19/h4-16H,1-2H3,(H,29,31). The van der Waals surface area contributed by atoms with Crippen LogP contribution in [-0.4, -0.2) is 16.1 Å². The molecule has 0 fully saturated rings. The molecule has 0 aliphatic carbocycles. The Morgan fingerprint density at radius 3 is 2.34 bits per heavy atom. The number of pyridine rings is 2. The van der Waals surface area contributed by atoms with Crippen LogP contribution in [-0.2, 0) is 0 Å². The lowest BCUT2D eigenvalue weighted by molar-refractivity contribution is 0.215. The van der Waals surface area contributed by atoms with E-state index < -0.39 is 6.09 Å². The first-order chi connectivity index (χ1) is 15.5. The summed E-state index contributed by atoms with van der Waals surface area (Å²) < 4.78 is 5.43. The topological polar surface area (TPSA) is 68.5 Å². The largest absolute Gasteiger partial charge is 0.417 e. The number of nitrogens with zero attached hydrogens (tertiary/aromatic N) is 3. The highest BCUT2D eigenvalue weighted by Crippen LogP contribution is 2.32. The van der Waals surface area contributed by atoms with Crippen LogP contribution < -0.4 is 10.1 Å². The highest BCUT2D eigenvalue weighted by Gasteiger charge is 2.16. The molecule has 0 radical (unpaired) electrons. The molecule has 2 aromatic heterocycles. The van der Waals surface area contributed by atoms with E-state index in [0.717, 1.165) is 27.9 Å². The second-order valence-corrected chi connectivity index (χ2v) is 7.26. The van der Waals surface area contributed by atoms with Crippen molar-refractivity contribution in [1.82, 2.24) is 9.97 Å². The number of carbonyl (C=O) groups is 1. The Morgan fingerprint density at radius 1 is 0.938 bits per heavy atom. The van der Waals surface area contributed by atoms with Gasteiger partial charge < -0.3 is 9.58 Å². The molecule has 156 valence electrons. The van der Waals surface area contributed by atoms with Gasteiger partial charge in [-0.25, -0.2) is 9.78 Å². The second-order valence-electron chi connectivity index (χ2n) is 7.26. The Bertz CT molecular complexity index is 1290. The Hall–Kier alpha value is -4.50. The van der Waals surface area contributed by atoms with Crippen LogP contribution in [0.4, 0.5) is 16.3 Å². The highest BCUT2D eigenvalue weighted by molar-refractivity contribution is 5.92. The van der Waals surface area contributed by atoms with Gasteiger partial charge in [0.15, 0.2) is 0 Å². The fourth-order valence-electron chi connectivity index (χ4n) is 3.26. The molecule has 0 saturated heterocycles. The Morgan fingerprint density at radius 2 is 1.69 bits per heavy atom. The Kier molecular flexibility index (Phi) is 5.91. The van der Waals surface area contributed by atoms with Crippen molar-refractivity contribution >= 4 is 17.6 Å². The second kappa shape index (κ2) is 9.11. The lowest BCUT2D eigenvalue weighted by Gasteiger charge is -2.15. The maximum Gasteiger partial charge on any atom is 0.417 e. The van der Waals surface area contributed by atoms with Gasteiger partial charge in [-0.1, -0.05) is 60.7 Å². The zero-order valence-corrected chi connectivity index (χ0v) is 17.7. The van der Waals surface area contributed by atoms with Crippen LogP contribution in [0.3, 0.4) is 0 Å². The van der Waals surface area contributed by atoms with Crippen LogP contribution in [0, 0.1) is 20.4 Å². The van der Waals surface area contributed by atoms with Crippen molar-refractivity contribution in [3.05, 3.63) is 102 Å². The van der Waals surface area contributed by atoms with Crippen LogP contribution in [0.5, 0.6) is 5.75 Å². The van der Waals surface area contributed by atoms with Crippen LogP contribution in [0.15, 0.2) is 79.0 Å². The van der Waals surface area contributed by atoms with Gasteiger partial charge in [-0.05, 0) is 43.7 Å². The van der Waals surface area contributed by atoms with E-state index in [4.69, 9.17) is 16.3 Å². The molecule has 1 N–H and O–H groups in total. The zero-order valence-electron chi connectivity index (χ0n) is 17.7. The molecule has 6 heteroatoms. The van der Waals surface area contributed by atoms with Crippen LogP contribution in [0.25, 0.3) is 27.4 Å². The number of anilines is 1. The number of hydrogen-bond donors (Lipinski definition) is 1. The summed E-state index contributed by atoms with van der Waals surface area (Å²) in [5, 5.41) is 2.83. The number of nitrogens with one attached hydrogen (secondary N) is 1. The smallest absolute Gasteiger partial charge is 0.410 e. The number of ether oxygens (including phenoxy) is 1. The van der Waals surface area contributed by atoms with Gasteiger partial charge >= 0.3 is 6.09 Å². The third kappa shape index (κ3) is 4.63. The van der Waals surface area contributed by atoms with Crippen LogP contribution >= 0.6 is 0 Å². The van der Waals surface area contributed by atoms with Gasteiger partial charge in [-0.2, -0.15) is 0 Å². The normalized spacial score (nSPS) is 10.3. The molecule has 0 spiro atoms. The Labute approximate surface area is 186 Å². The fraction of sp³-hybridized carbons (Fsp3) is 0.0769. The number of benzene rings is 2. The van der Waals surface area contributed by atoms with Gasteiger partial charge in [0.05, 0.1) is 17.1 Å². The predicted molar refractivity (Wildman–Crippen MR) is 125 cm³/mol. The first-order valence-electron chi connectivity index (χ1n) is 10.00. The van der Waals surface area contributed by atoms with Gasteiger partial charge in [0.1, 0.15) is 11.9 Å². The van der Waals surface area contributed by atoms with E-state index in [-0.39, 0.29) is 0 Å². The molecule has 4 aromatic rings. The van der Waals surface area contributed by atoms with Crippen molar-refractivity contribution < 1.29 is 9.53 Å². The van der Waals surface area contributed by atoms with E-state index in [1.54, 1.807) is 24.4 Å². The van der Waals surface area contributed by atoms with Crippen molar-refractivity contribution in [3.8, 4) is 28.3 Å². The summed E-state index contributed by atoms with van der Waals surface area (Å²) in [5.74, 6) is 0.786. The molecule has 0 aliphatic heterocycles. The maximum absolute atomic E-state index is 12.6. The summed E-state index contributed by atoms with van der Waals surface area (Å²) in [7, 11) is 0. The molecule has 2 heterocycles. The highest BCUT2D eigenvalue weighted by atomic mass is 16.6. The number of amides is 1. The average molecular weight is 420 g/mol. The first-order valence-corrected chi connectivity index (χ1v) is 10.00. The number of carbonyl (C=O) groups excluding carboxylic acids is 1. The SMILES string of the molecule is [C-]#[N+]c1ccc(-c2nc(-c3ccccc3)c(NC(=O)Oc3ccc(C)cc3)cc2C)cn1. The summed E-state index contributed by atoms with van der Waals surface area (Å²) in [6.07, 6.45) is 1.04. The van der Waals surface area contributed by atoms with Crippen molar-refractivity contribution in [2.24, 2.45) is 0 Å². The fourth-order valence-corrected chi connectivity index (χ4v) is 3.26. The van der Waals surface area contributed by atoms with Crippen molar-refractivity contribution in [1.29, 1.82) is 0 Å². The van der Waals surface area contributed by atoms with Gasteiger partial charge in [0, 0.05) is 11.1 Å².